The first kappa shape index (κ1) is 8.52. The molecular weight excluding hydrogens is 192 g/mol. The molecule has 0 saturated heterocycles. The van der Waals surface area contributed by atoms with E-state index in [0.29, 0.717) is 22.4 Å². The molecule has 0 bridgehead atoms. The predicted molar refractivity (Wildman–Crippen MR) is 46.8 cm³/mol. The van der Waals surface area contributed by atoms with Gasteiger partial charge in [0.05, 0.1) is 10.5 Å². The van der Waals surface area contributed by atoms with Gasteiger partial charge in [-0.3, -0.25) is 4.79 Å². The number of rotatable bonds is 0. The third kappa shape index (κ3) is 1.52. The van der Waals surface area contributed by atoms with Gasteiger partial charge in [-0.1, -0.05) is 12.1 Å². The van der Waals surface area contributed by atoms with Gasteiger partial charge in [-0.15, -0.1) is 0 Å². The maximum absolute atomic E-state index is 11.2. The molecule has 1 aliphatic rings. The van der Waals surface area contributed by atoms with Crippen LogP contribution in [0.4, 0.5) is 0 Å². The van der Waals surface area contributed by atoms with Crippen LogP contribution in [-0.2, 0) is 0 Å². The first-order valence-electron chi connectivity index (χ1n) is 3.51. The SMILES string of the molecule is O=C1N[N+]([O-])([O-])Sc2ccccc21. The average molecular weight is 197 g/mol. The molecule has 0 spiro atoms. The molecule has 0 radical (unpaired) electrons. The van der Waals surface area contributed by atoms with Gasteiger partial charge in [-0.2, -0.15) is 5.43 Å². The number of hydrogen-bond acceptors (Lipinski definition) is 4. The summed E-state index contributed by atoms with van der Waals surface area (Å²) >= 11 is 0.512. The summed E-state index contributed by atoms with van der Waals surface area (Å²) < 4.78 is -2.06. The highest BCUT2D eigenvalue weighted by molar-refractivity contribution is 7.94. The van der Waals surface area contributed by atoms with Crippen LogP contribution in [-0.4, -0.2) is 10.2 Å². The molecule has 0 atom stereocenters. The largest absolute Gasteiger partial charge is 0.593 e. The number of benzene rings is 1. The zero-order valence-electron chi connectivity index (χ0n) is 6.39. The minimum Gasteiger partial charge on any atom is -0.593 e. The van der Waals surface area contributed by atoms with Crippen LogP contribution in [0.1, 0.15) is 10.4 Å². The molecule has 0 unspecified atom stereocenters. The number of quaternary nitrogens is 1. The fourth-order valence-corrected chi connectivity index (χ4v) is 1.86. The van der Waals surface area contributed by atoms with Crippen LogP contribution < -0.4 is 5.43 Å². The van der Waals surface area contributed by atoms with E-state index < -0.39 is 10.2 Å². The lowest BCUT2D eigenvalue weighted by atomic mass is 10.2. The van der Waals surface area contributed by atoms with Crippen molar-refractivity contribution in [2.75, 3.05) is 0 Å². The second-order valence-electron chi connectivity index (χ2n) is 2.53. The van der Waals surface area contributed by atoms with E-state index in [4.69, 9.17) is 0 Å². The van der Waals surface area contributed by atoms with Crippen molar-refractivity contribution < 1.29 is 9.12 Å². The molecule has 1 heterocycles. The molecule has 1 aromatic rings. The highest BCUT2D eigenvalue weighted by atomic mass is 32.2. The highest BCUT2D eigenvalue weighted by Crippen LogP contribution is 2.33. The van der Waals surface area contributed by atoms with Gasteiger partial charge in [0.25, 0.3) is 5.91 Å². The first-order valence-corrected chi connectivity index (χ1v) is 4.28. The van der Waals surface area contributed by atoms with Crippen LogP contribution in [0.15, 0.2) is 29.2 Å². The van der Waals surface area contributed by atoms with Crippen molar-refractivity contribution in [3.63, 3.8) is 0 Å². The Hall–Kier alpha value is -1.08. The molecule has 5 nitrogen and oxygen atoms in total. The lowest BCUT2D eigenvalue weighted by Gasteiger charge is -2.44. The van der Waals surface area contributed by atoms with Gasteiger partial charge >= 0.3 is 0 Å². The number of carbonyl (C=O) groups excluding carboxylic acids is 1. The average Bonchev–Trinajstić information content (AvgIpc) is 2.02. The third-order valence-corrected chi connectivity index (χ3v) is 2.47. The summed E-state index contributed by atoms with van der Waals surface area (Å²) in [6.45, 7) is 0. The maximum atomic E-state index is 11.2. The number of hydrogen-bond donors (Lipinski definition) is 1. The van der Waals surface area contributed by atoms with Gasteiger partial charge in [0.1, 0.15) is 11.9 Å². The van der Waals surface area contributed by atoms with E-state index >= 15 is 0 Å². The van der Waals surface area contributed by atoms with E-state index in [1.54, 1.807) is 29.7 Å². The monoisotopic (exact) mass is 197 g/mol. The Balaban J connectivity index is 2.49. The molecule has 0 fully saturated rings. The lowest BCUT2D eigenvalue weighted by Crippen LogP contribution is -2.48. The Morgan fingerprint density at radius 2 is 2.00 bits per heavy atom. The van der Waals surface area contributed by atoms with Crippen molar-refractivity contribution >= 4 is 17.9 Å². The first-order chi connectivity index (χ1) is 6.08. The van der Waals surface area contributed by atoms with Crippen molar-refractivity contribution in [2.45, 2.75) is 4.90 Å². The number of fused-ring (bicyclic) bond motifs is 1. The zero-order chi connectivity index (χ0) is 9.47. The minimum atomic E-state index is -2.06. The van der Waals surface area contributed by atoms with Gasteiger partial charge < -0.3 is 10.4 Å². The Bertz CT molecular complexity index is 367. The highest BCUT2D eigenvalue weighted by Gasteiger charge is 2.26. The van der Waals surface area contributed by atoms with Crippen molar-refractivity contribution in [3.8, 4) is 0 Å². The number of nitrogens with one attached hydrogen (secondary N) is 1. The van der Waals surface area contributed by atoms with Crippen LogP contribution >= 0.6 is 11.9 Å². The van der Waals surface area contributed by atoms with Gasteiger partial charge in [0.2, 0.25) is 0 Å². The van der Waals surface area contributed by atoms with Crippen LogP contribution in [0, 0.1) is 10.4 Å². The molecule has 13 heavy (non-hydrogen) atoms. The number of carbonyl (C=O) groups is 1. The van der Waals surface area contributed by atoms with Crippen molar-refractivity contribution in [1.82, 2.24) is 5.43 Å². The zero-order valence-corrected chi connectivity index (χ0v) is 7.21. The molecule has 0 saturated carbocycles. The summed E-state index contributed by atoms with van der Waals surface area (Å²) in [5, 5.41) is 21.8. The second kappa shape index (κ2) is 2.71. The van der Waals surface area contributed by atoms with Crippen LogP contribution in [0.25, 0.3) is 0 Å². The maximum Gasteiger partial charge on any atom is 0.298 e. The van der Waals surface area contributed by atoms with E-state index in [9.17, 15) is 15.2 Å². The fraction of sp³-hybridized carbons (Fsp3) is 0. The topological polar surface area (TPSA) is 75.2 Å². The van der Waals surface area contributed by atoms with Gasteiger partial charge in [-0.25, -0.2) is 4.32 Å². The quantitative estimate of drug-likeness (QED) is 0.384. The third-order valence-electron chi connectivity index (χ3n) is 1.59. The lowest BCUT2D eigenvalue weighted by molar-refractivity contribution is -0.725. The van der Waals surface area contributed by atoms with E-state index in [2.05, 4.69) is 0 Å². The van der Waals surface area contributed by atoms with E-state index in [-0.39, 0.29) is 0 Å². The molecule has 1 N–H and O–H groups in total. The summed E-state index contributed by atoms with van der Waals surface area (Å²) in [5.41, 5.74) is 2.13. The summed E-state index contributed by atoms with van der Waals surface area (Å²) in [7, 11) is 0. The Kier molecular flexibility index (Phi) is 1.77. The molecule has 68 valence electrons. The van der Waals surface area contributed by atoms with Crippen molar-refractivity contribution in [3.05, 3.63) is 40.2 Å². The van der Waals surface area contributed by atoms with Gasteiger partial charge in [0, 0.05) is 0 Å². The predicted octanol–water partition coefficient (Wildman–Crippen LogP) is 1.16. The van der Waals surface area contributed by atoms with Gasteiger partial charge in [0.15, 0.2) is 0 Å². The standard InChI is InChI=1S/C7H5N2O3S/c10-7-5-3-1-2-4-6(5)13-9(11,12)8-7/h1-4H,(H,8,10)/q-1. The Labute approximate surface area is 78.2 Å². The molecule has 1 aliphatic heterocycles. The van der Waals surface area contributed by atoms with Gasteiger partial charge in [-0.05, 0) is 12.1 Å². The number of amides is 1. The number of nitrogens with zero attached hydrogens (tertiary/aromatic N) is 1. The smallest absolute Gasteiger partial charge is 0.298 e. The van der Waals surface area contributed by atoms with E-state index in [1.807, 2.05) is 0 Å². The fourth-order valence-electron chi connectivity index (χ4n) is 1.07. The Morgan fingerprint density at radius 1 is 1.31 bits per heavy atom. The second-order valence-corrected chi connectivity index (χ2v) is 3.63. The molecule has 2 rings (SSSR count). The van der Waals surface area contributed by atoms with Crippen LogP contribution in [0.3, 0.4) is 0 Å². The summed E-state index contributed by atoms with van der Waals surface area (Å²) in [6, 6.07) is 6.48. The molecule has 0 aliphatic carbocycles. The van der Waals surface area contributed by atoms with Crippen LogP contribution in [0.5, 0.6) is 0 Å². The normalized spacial score (nSPS) is 19.1. The summed E-state index contributed by atoms with van der Waals surface area (Å²) in [6.07, 6.45) is 0. The van der Waals surface area contributed by atoms with Crippen LogP contribution in [0.2, 0.25) is 0 Å². The molecule has 6 heteroatoms. The molecular formula is C7H5N2O3S-. The molecule has 1 amide bonds. The summed E-state index contributed by atoms with van der Waals surface area (Å²) in [4.78, 5) is 11.6. The van der Waals surface area contributed by atoms with E-state index in [1.165, 1.54) is 0 Å². The summed E-state index contributed by atoms with van der Waals surface area (Å²) in [5.74, 6) is -0.626. The van der Waals surface area contributed by atoms with E-state index in [0.717, 1.165) is 0 Å². The molecule has 0 aromatic heterocycles. The van der Waals surface area contributed by atoms with Crippen molar-refractivity contribution in [1.29, 1.82) is 0 Å². The van der Waals surface area contributed by atoms with Crippen molar-refractivity contribution in [2.24, 2.45) is 0 Å². The Morgan fingerprint density at radius 3 is 2.77 bits per heavy atom. The molecule has 1 aromatic carbocycles. The minimum absolute atomic E-state index is 0.368.